The van der Waals surface area contributed by atoms with Crippen molar-refractivity contribution in [2.75, 3.05) is 31.7 Å². The maximum atomic E-state index is 11.3. The lowest BCUT2D eigenvalue weighted by molar-refractivity contribution is 0.111. The highest BCUT2D eigenvalue weighted by molar-refractivity contribution is 5.83. The van der Waals surface area contributed by atoms with E-state index in [-0.39, 0.29) is 0 Å². The molecule has 0 bridgehead atoms. The van der Waals surface area contributed by atoms with Crippen LogP contribution in [-0.2, 0) is 4.74 Å². The van der Waals surface area contributed by atoms with Crippen LogP contribution in [-0.4, -0.2) is 42.5 Å². The second kappa shape index (κ2) is 5.64. The summed E-state index contributed by atoms with van der Waals surface area (Å²) in [6, 6.07) is 5.68. The van der Waals surface area contributed by atoms with Gasteiger partial charge in [-0.05, 0) is 19.1 Å². The summed E-state index contributed by atoms with van der Waals surface area (Å²) < 4.78 is 6.88. The van der Waals surface area contributed by atoms with Gasteiger partial charge in [0.25, 0.3) is 0 Å². The van der Waals surface area contributed by atoms with E-state index in [0.717, 1.165) is 30.8 Å². The minimum Gasteiger partial charge on any atom is -0.383 e. The van der Waals surface area contributed by atoms with E-state index in [0.29, 0.717) is 12.3 Å². The number of aromatic nitrogens is 2. The molecule has 2 rings (SSSR count). The van der Waals surface area contributed by atoms with Crippen LogP contribution in [0.2, 0.25) is 0 Å². The zero-order chi connectivity index (χ0) is 13.0. The van der Waals surface area contributed by atoms with Gasteiger partial charge in [-0.25, -0.2) is 4.98 Å². The van der Waals surface area contributed by atoms with Crippen LogP contribution in [0.4, 0.5) is 5.82 Å². The maximum Gasteiger partial charge on any atom is 0.170 e. The van der Waals surface area contributed by atoms with Crippen molar-refractivity contribution >= 4 is 17.8 Å². The Balaban J connectivity index is 2.44. The largest absolute Gasteiger partial charge is 0.383 e. The second-order valence-corrected chi connectivity index (χ2v) is 3.94. The van der Waals surface area contributed by atoms with E-state index >= 15 is 0 Å². The highest BCUT2D eigenvalue weighted by atomic mass is 16.5. The molecule has 2 aromatic rings. The molecule has 0 atom stereocenters. The number of methoxy groups -OCH3 is 1. The van der Waals surface area contributed by atoms with E-state index in [1.807, 2.05) is 36.2 Å². The van der Waals surface area contributed by atoms with E-state index in [1.54, 1.807) is 11.5 Å². The first-order valence-corrected chi connectivity index (χ1v) is 5.98. The van der Waals surface area contributed by atoms with Crippen molar-refractivity contribution in [2.45, 2.75) is 6.92 Å². The third-order valence-electron chi connectivity index (χ3n) is 2.91. The molecule has 0 aliphatic heterocycles. The van der Waals surface area contributed by atoms with Gasteiger partial charge in [0.05, 0.1) is 6.61 Å². The molecule has 18 heavy (non-hydrogen) atoms. The number of carbonyl (C=O) groups is 1. The second-order valence-electron chi connectivity index (χ2n) is 3.94. The molecule has 0 unspecified atom stereocenters. The predicted molar refractivity (Wildman–Crippen MR) is 70.3 cm³/mol. The molecule has 0 aliphatic carbocycles. The van der Waals surface area contributed by atoms with Crippen molar-refractivity contribution in [1.29, 1.82) is 0 Å². The number of pyridine rings is 1. The van der Waals surface area contributed by atoms with Gasteiger partial charge in [0.1, 0.15) is 11.3 Å². The summed E-state index contributed by atoms with van der Waals surface area (Å²) in [5.41, 5.74) is 1.37. The van der Waals surface area contributed by atoms with Crippen LogP contribution in [0.5, 0.6) is 0 Å². The Labute approximate surface area is 106 Å². The molecule has 96 valence electrons. The molecule has 0 radical (unpaired) electrons. The maximum absolute atomic E-state index is 11.3. The van der Waals surface area contributed by atoms with Crippen LogP contribution < -0.4 is 4.90 Å². The summed E-state index contributed by atoms with van der Waals surface area (Å²) in [6.45, 7) is 4.15. The van der Waals surface area contributed by atoms with Gasteiger partial charge < -0.3 is 9.64 Å². The zero-order valence-corrected chi connectivity index (χ0v) is 10.7. The SMILES string of the molecule is CCN(CCOC)c1nc2ccccn2c1C=O. The fourth-order valence-electron chi connectivity index (χ4n) is 1.96. The Kier molecular flexibility index (Phi) is 3.94. The number of imidazole rings is 1. The number of hydrogen-bond acceptors (Lipinski definition) is 4. The minimum absolute atomic E-state index is 0.587. The van der Waals surface area contributed by atoms with E-state index < -0.39 is 0 Å². The number of likely N-dealkylation sites (N-methyl/N-ethyl adjacent to an activating group) is 1. The normalized spacial score (nSPS) is 10.8. The molecule has 5 nitrogen and oxygen atoms in total. The smallest absolute Gasteiger partial charge is 0.170 e. The number of aldehydes is 1. The summed E-state index contributed by atoms with van der Waals surface area (Å²) in [4.78, 5) is 17.8. The van der Waals surface area contributed by atoms with Crippen molar-refractivity contribution in [3.63, 3.8) is 0 Å². The number of hydrogen-bond donors (Lipinski definition) is 0. The molecule has 0 spiro atoms. The molecule has 0 fully saturated rings. The van der Waals surface area contributed by atoms with E-state index in [9.17, 15) is 4.79 Å². The summed E-state index contributed by atoms with van der Waals surface area (Å²) in [5, 5.41) is 0. The molecule has 0 N–H and O–H groups in total. The van der Waals surface area contributed by atoms with Crippen molar-refractivity contribution in [3.8, 4) is 0 Å². The first-order chi connectivity index (χ1) is 8.81. The van der Waals surface area contributed by atoms with Gasteiger partial charge in [-0.3, -0.25) is 9.20 Å². The van der Waals surface area contributed by atoms with E-state index in [1.165, 1.54) is 0 Å². The Morgan fingerprint density at radius 1 is 1.50 bits per heavy atom. The van der Waals surface area contributed by atoms with Crippen LogP contribution in [0.15, 0.2) is 24.4 Å². The topological polar surface area (TPSA) is 46.8 Å². The van der Waals surface area contributed by atoms with Crippen LogP contribution in [0.25, 0.3) is 5.65 Å². The number of anilines is 1. The molecule has 2 heterocycles. The Bertz CT molecular complexity index is 536. The van der Waals surface area contributed by atoms with Crippen molar-refractivity contribution < 1.29 is 9.53 Å². The predicted octanol–water partition coefficient (Wildman–Crippen LogP) is 1.62. The molecule has 0 aliphatic rings. The number of ether oxygens (including phenoxy) is 1. The molecule has 0 saturated heterocycles. The first kappa shape index (κ1) is 12.6. The minimum atomic E-state index is 0.587. The average molecular weight is 247 g/mol. The summed E-state index contributed by atoms with van der Waals surface area (Å²) >= 11 is 0. The average Bonchev–Trinajstić information content (AvgIpc) is 2.78. The fourth-order valence-corrected chi connectivity index (χ4v) is 1.96. The highest BCUT2D eigenvalue weighted by Crippen LogP contribution is 2.19. The third kappa shape index (κ3) is 2.22. The quantitative estimate of drug-likeness (QED) is 0.728. The van der Waals surface area contributed by atoms with E-state index in [2.05, 4.69) is 4.98 Å². The monoisotopic (exact) mass is 247 g/mol. The van der Waals surface area contributed by atoms with Crippen molar-refractivity contribution in [1.82, 2.24) is 9.38 Å². The van der Waals surface area contributed by atoms with Crippen molar-refractivity contribution in [3.05, 3.63) is 30.1 Å². The molecule has 0 aromatic carbocycles. The third-order valence-corrected chi connectivity index (χ3v) is 2.91. The fraction of sp³-hybridized carbons (Fsp3) is 0.385. The molecule has 0 saturated carbocycles. The van der Waals surface area contributed by atoms with Gasteiger partial charge in [-0.1, -0.05) is 6.07 Å². The number of rotatable bonds is 6. The van der Waals surface area contributed by atoms with Gasteiger partial charge in [0, 0.05) is 26.4 Å². The molecular weight excluding hydrogens is 230 g/mol. The van der Waals surface area contributed by atoms with Crippen LogP contribution >= 0.6 is 0 Å². The van der Waals surface area contributed by atoms with Gasteiger partial charge >= 0.3 is 0 Å². The van der Waals surface area contributed by atoms with Gasteiger partial charge in [-0.15, -0.1) is 0 Å². The highest BCUT2D eigenvalue weighted by Gasteiger charge is 2.16. The molecule has 0 amide bonds. The van der Waals surface area contributed by atoms with Crippen molar-refractivity contribution in [2.24, 2.45) is 0 Å². The Morgan fingerprint density at radius 3 is 3.00 bits per heavy atom. The number of nitrogens with zero attached hydrogens (tertiary/aromatic N) is 3. The Hall–Kier alpha value is -1.88. The lowest BCUT2D eigenvalue weighted by Gasteiger charge is -2.20. The molecule has 5 heteroatoms. The van der Waals surface area contributed by atoms with Gasteiger partial charge in [0.15, 0.2) is 12.1 Å². The molecular formula is C13H17N3O2. The van der Waals surface area contributed by atoms with Crippen LogP contribution in [0.3, 0.4) is 0 Å². The number of carbonyl (C=O) groups excluding carboxylic acids is 1. The lowest BCUT2D eigenvalue weighted by Crippen LogP contribution is -2.28. The summed E-state index contributed by atoms with van der Waals surface area (Å²) in [5.74, 6) is 0.718. The van der Waals surface area contributed by atoms with Gasteiger partial charge in [-0.2, -0.15) is 0 Å². The molecule has 2 aromatic heterocycles. The Morgan fingerprint density at radius 2 is 2.33 bits per heavy atom. The lowest BCUT2D eigenvalue weighted by atomic mass is 10.4. The van der Waals surface area contributed by atoms with Crippen LogP contribution in [0, 0.1) is 0 Å². The number of fused-ring (bicyclic) bond motifs is 1. The standard InChI is InChI=1S/C13H17N3O2/c1-3-15(8-9-18-2)13-11(10-17)16-7-5-4-6-12(16)14-13/h4-7,10H,3,8-9H2,1-2H3. The van der Waals surface area contributed by atoms with Gasteiger partial charge in [0.2, 0.25) is 0 Å². The summed E-state index contributed by atoms with van der Waals surface area (Å²) in [6.07, 6.45) is 2.70. The van der Waals surface area contributed by atoms with Crippen LogP contribution in [0.1, 0.15) is 17.4 Å². The zero-order valence-electron chi connectivity index (χ0n) is 10.7. The summed E-state index contributed by atoms with van der Waals surface area (Å²) in [7, 11) is 1.66. The van der Waals surface area contributed by atoms with E-state index in [4.69, 9.17) is 4.74 Å². The first-order valence-electron chi connectivity index (χ1n) is 5.98.